The fraction of sp³-hybridized carbons (Fsp3) is 0.778. The second kappa shape index (κ2) is 6.27. The number of nitrogens with one attached hydrogen (secondary N) is 1. The molecule has 1 saturated carbocycles. The topological polar surface area (TPSA) is 67.1 Å². The molecule has 3 N–H and O–H groups in total. The third kappa shape index (κ3) is 3.03. The van der Waals surface area contributed by atoms with Crippen LogP contribution in [0.2, 0.25) is 0 Å². The van der Waals surface area contributed by atoms with Gasteiger partial charge in [-0.3, -0.25) is 0 Å². The minimum atomic E-state index is 0.462. The van der Waals surface area contributed by atoms with E-state index in [1.165, 1.54) is 56.2 Å². The molecule has 0 unspecified atom stereocenters. The molecule has 0 amide bonds. The van der Waals surface area contributed by atoms with E-state index in [1.54, 1.807) is 0 Å². The van der Waals surface area contributed by atoms with E-state index in [2.05, 4.69) is 20.2 Å². The lowest BCUT2D eigenvalue weighted by molar-refractivity contribution is 0.160. The van der Waals surface area contributed by atoms with Gasteiger partial charge in [-0.25, -0.2) is 4.98 Å². The SMILES string of the molecule is Nc1nc2c(c(N3CCCNCC3)n1)CCC1(CCCCC1)C2. The van der Waals surface area contributed by atoms with E-state index in [-0.39, 0.29) is 0 Å². The van der Waals surface area contributed by atoms with Gasteiger partial charge in [0.2, 0.25) is 5.95 Å². The normalized spacial score (nSPS) is 24.3. The molecule has 5 heteroatoms. The van der Waals surface area contributed by atoms with Crippen molar-refractivity contribution < 1.29 is 0 Å². The first kappa shape index (κ1) is 15.2. The van der Waals surface area contributed by atoms with E-state index in [9.17, 15) is 0 Å². The smallest absolute Gasteiger partial charge is 0.222 e. The van der Waals surface area contributed by atoms with E-state index in [4.69, 9.17) is 5.73 Å². The van der Waals surface area contributed by atoms with Crippen LogP contribution in [-0.2, 0) is 12.8 Å². The predicted molar refractivity (Wildman–Crippen MR) is 93.7 cm³/mol. The maximum atomic E-state index is 6.08. The zero-order valence-electron chi connectivity index (χ0n) is 14.1. The summed E-state index contributed by atoms with van der Waals surface area (Å²) in [5.41, 5.74) is 9.22. The molecule has 1 saturated heterocycles. The van der Waals surface area contributed by atoms with Crippen LogP contribution in [0, 0.1) is 5.41 Å². The average molecular weight is 315 g/mol. The number of nitrogens with two attached hydrogens (primary N) is 1. The summed E-state index contributed by atoms with van der Waals surface area (Å²) in [6, 6.07) is 0. The van der Waals surface area contributed by atoms with Gasteiger partial charge in [0.25, 0.3) is 0 Å². The Balaban J connectivity index is 1.65. The Hall–Kier alpha value is -1.36. The van der Waals surface area contributed by atoms with Crippen LogP contribution < -0.4 is 16.0 Å². The van der Waals surface area contributed by atoms with Crippen LogP contribution in [0.1, 0.15) is 56.2 Å². The number of hydrogen-bond donors (Lipinski definition) is 2. The van der Waals surface area contributed by atoms with Gasteiger partial charge < -0.3 is 16.0 Å². The maximum absolute atomic E-state index is 6.08. The molecule has 2 aliphatic carbocycles. The number of aromatic nitrogens is 2. The fourth-order valence-electron chi connectivity index (χ4n) is 4.82. The zero-order valence-corrected chi connectivity index (χ0v) is 14.1. The van der Waals surface area contributed by atoms with Crippen molar-refractivity contribution in [2.24, 2.45) is 5.41 Å². The average Bonchev–Trinajstić information content (AvgIpc) is 2.83. The summed E-state index contributed by atoms with van der Waals surface area (Å²) in [6.07, 6.45) is 11.7. The Morgan fingerprint density at radius 2 is 1.83 bits per heavy atom. The molecule has 1 aromatic heterocycles. The van der Waals surface area contributed by atoms with Gasteiger partial charge in [-0.05, 0) is 50.5 Å². The van der Waals surface area contributed by atoms with E-state index in [0.29, 0.717) is 11.4 Å². The molecule has 1 aliphatic heterocycles. The number of nitrogens with zero attached hydrogens (tertiary/aromatic N) is 3. The molecule has 0 atom stereocenters. The van der Waals surface area contributed by atoms with Crippen LogP contribution in [0.3, 0.4) is 0 Å². The minimum absolute atomic E-state index is 0.462. The largest absolute Gasteiger partial charge is 0.368 e. The molecule has 0 aromatic carbocycles. The van der Waals surface area contributed by atoms with Gasteiger partial charge in [-0.2, -0.15) is 4.98 Å². The number of rotatable bonds is 1. The molecule has 0 radical (unpaired) electrons. The van der Waals surface area contributed by atoms with Gasteiger partial charge in [0.1, 0.15) is 5.82 Å². The first-order chi connectivity index (χ1) is 11.3. The Morgan fingerprint density at radius 3 is 2.70 bits per heavy atom. The van der Waals surface area contributed by atoms with Gasteiger partial charge in [-0.15, -0.1) is 0 Å². The van der Waals surface area contributed by atoms with Gasteiger partial charge >= 0.3 is 0 Å². The molecule has 1 aromatic rings. The lowest BCUT2D eigenvalue weighted by Gasteiger charge is -2.41. The number of nitrogen functional groups attached to an aromatic ring is 1. The van der Waals surface area contributed by atoms with Gasteiger partial charge in [0.05, 0.1) is 5.69 Å². The van der Waals surface area contributed by atoms with Gasteiger partial charge in [-0.1, -0.05) is 19.3 Å². The first-order valence-electron chi connectivity index (χ1n) is 9.37. The third-order valence-corrected chi connectivity index (χ3v) is 6.09. The Kier molecular flexibility index (Phi) is 4.14. The van der Waals surface area contributed by atoms with Crippen LogP contribution in [0.15, 0.2) is 0 Å². The Bertz CT molecular complexity index is 557. The van der Waals surface area contributed by atoms with Crippen LogP contribution >= 0.6 is 0 Å². The maximum Gasteiger partial charge on any atom is 0.222 e. The van der Waals surface area contributed by atoms with E-state index < -0.39 is 0 Å². The first-order valence-corrected chi connectivity index (χ1v) is 9.37. The van der Waals surface area contributed by atoms with Crippen molar-refractivity contribution >= 4 is 11.8 Å². The molecule has 126 valence electrons. The quantitative estimate of drug-likeness (QED) is 0.832. The summed E-state index contributed by atoms with van der Waals surface area (Å²) in [7, 11) is 0. The highest BCUT2D eigenvalue weighted by Crippen LogP contribution is 2.47. The molecule has 3 aliphatic rings. The highest BCUT2D eigenvalue weighted by atomic mass is 15.2. The summed E-state index contributed by atoms with van der Waals surface area (Å²) < 4.78 is 0. The van der Waals surface area contributed by atoms with Crippen molar-refractivity contribution in [3.05, 3.63) is 11.3 Å². The summed E-state index contributed by atoms with van der Waals surface area (Å²) in [6.45, 7) is 4.22. The monoisotopic (exact) mass is 315 g/mol. The lowest BCUT2D eigenvalue weighted by atomic mass is 9.65. The highest BCUT2D eigenvalue weighted by molar-refractivity contribution is 5.53. The van der Waals surface area contributed by atoms with E-state index in [1.807, 2.05) is 0 Å². The second-order valence-electron chi connectivity index (χ2n) is 7.66. The third-order valence-electron chi connectivity index (χ3n) is 6.09. The van der Waals surface area contributed by atoms with Crippen LogP contribution in [0.25, 0.3) is 0 Å². The molecular weight excluding hydrogens is 286 g/mol. The number of anilines is 2. The summed E-state index contributed by atoms with van der Waals surface area (Å²) >= 11 is 0. The number of fused-ring (bicyclic) bond motifs is 1. The highest BCUT2D eigenvalue weighted by Gasteiger charge is 2.38. The Morgan fingerprint density at radius 1 is 0.957 bits per heavy atom. The van der Waals surface area contributed by atoms with E-state index in [0.717, 1.165) is 44.8 Å². The van der Waals surface area contributed by atoms with Gasteiger partial charge in [0.15, 0.2) is 0 Å². The molecule has 23 heavy (non-hydrogen) atoms. The molecule has 0 bridgehead atoms. The zero-order chi connectivity index (χ0) is 15.7. The second-order valence-corrected chi connectivity index (χ2v) is 7.66. The van der Waals surface area contributed by atoms with Crippen LogP contribution in [-0.4, -0.2) is 36.1 Å². The van der Waals surface area contributed by atoms with Crippen molar-refractivity contribution in [1.29, 1.82) is 0 Å². The lowest BCUT2D eigenvalue weighted by Crippen LogP contribution is -2.35. The van der Waals surface area contributed by atoms with Crippen LogP contribution in [0.4, 0.5) is 11.8 Å². The van der Waals surface area contributed by atoms with Crippen molar-refractivity contribution in [2.45, 2.75) is 57.8 Å². The molecule has 2 fully saturated rings. The number of hydrogen-bond acceptors (Lipinski definition) is 5. The van der Waals surface area contributed by atoms with Crippen molar-refractivity contribution in [2.75, 3.05) is 36.8 Å². The molecule has 2 heterocycles. The summed E-state index contributed by atoms with van der Waals surface area (Å²) in [5, 5.41) is 3.47. The molecule has 5 nitrogen and oxygen atoms in total. The minimum Gasteiger partial charge on any atom is -0.368 e. The summed E-state index contributed by atoms with van der Waals surface area (Å²) in [5.74, 6) is 1.59. The molecule has 4 rings (SSSR count). The Labute approximate surface area is 139 Å². The van der Waals surface area contributed by atoms with Crippen LogP contribution in [0.5, 0.6) is 0 Å². The molecular formula is C18H29N5. The van der Waals surface area contributed by atoms with Crippen molar-refractivity contribution in [3.8, 4) is 0 Å². The van der Waals surface area contributed by atoms with Gasteiger partial charge in [0, 0.05) is 25.2 Å². The standard InChI is InChI=1S/C18H29N5/c19-17-21-15-13-18(6-2-1-3-7-18)8-5-14(15)16(22-17)23-11-4-9-20-10-12-23/h20H,1-13H2,(H2,19,21,22). The predicted octanol–water partition coefficient (Wildman–Crippen LogP) is 2.30. The fourth-order valence-corrected chi connectivity index (χ4v) is 4.82. The molecule has 1 spiro atoms. The van der Waals surface area contributed by atoms with E-state index >= 15 is 0 Å². The summed E-state index contributed by atoms with van der Waals surface area (Å²) in [4.78, 5) is 11.7. The van der Waals surface area contributed by atoms with Crippen molar-refractivity contribution in [1.82, 2.24) is 15.3 Å². The van der Waals surface area contributed by atoms with Crippen molar-refractivity contribution in [3.63, 3.8) is 0 Å².